The average molecular weight is 528 g/mol. The van der Waals surface area contributed by atoms with E-state index in [-0.39, 0.29) is 26.4 Å². The van der Waals surface area contributed by atoms with Crippen molar-refractivity contribution >= 4 is 16.3 Å². The molecule has 0 N–H and O–H groups in total. The third kappa shape index (κ3) is 10.8. The van der Waals surface area contributed by atoms with Gasteiger partial charge in [0.2, 0.25) is 0 Å². The summed E-state index contributed by atoms with van der Waals surface area (Å²) in [5.74, 6) is 0. The van der Waals surface area contributed by atoms with Gasteiger partial charge < -0.3 is 19.0 Å². The molecule has 3 aromatic carbocycles. The number of hydrogen-bond acceptors (Lipinski definition) is 8. The van der Waals surface area contributed by atoms with Crippen molar-refractivity contribution in [1.82, 2.24) is 0 Å². The summed E-state index contributed by atoms with van der Waals surface area (Å²) >= 11 is 0. The van der Waals surface area contributed by atoms with E-state index in [2.05, 4.69) is 5.16 Å². The molecule has 0 aliphatic carbocycles. The van der Waals surface area contributed by atoms with E-state index in [1.807, 2.05) is 91.0 Å². The zero-order valence-corrected chi connectivity index (χ0v) is 21.8. The standard InChI is InChI=1S/C28H33NO7S/c1-32-29-18-26(34-20-24-14-8-4-9-15-24)28(35-21-25-16-10-5-11-17-25)27(36-37(2,30)31)22-33-19-23-12-6-3-7-13-23/h3-18,26-28H,19-22H2,1-2H3/t26-,27-,28+/m1/s1. The SMILES string of the molecule is CON=C[C@@H](OCc1ccccc1)[C@H](OCc1ccccc1)[C@@H](COCc1ccccc1)OS(C)(=O)=O. The van der Waals surface area contributed by atoms with Crippen LogP contribution in [0.4, 0.5) is 0 Å². The van der Waals surface area contributed by atoms with Gasteiger partial charge in [-0.2, -0.15) is 8.42 Å². The monoisotopic (exact) mass is 527 g/mol. The first-order valence-electron chi connectivity index (χ1n) is 11.8. The molecule has 0 spiro atoms. The Morgan fingerprint density at radius 2 is 1.24 bits per heavy atom. The first kappa shape index (κ1) is 28.5. The maximum absolute atomic E-state index is 12.2. The van der Waals surface area contributed by atoms with Crippen LogP contribution in [0.2, 0.25) is 0 Å². The molecule has 198 valence electrons. The molecule has 3 atom stereocenters. The Balaban J connectivity index is 1.85. The molecule has 0 aliphatic rings. The normalized spacial score (nSPS) is 14.3. The van der Waals surface area contributed by atoms with Gasteiger partial charge in [0.25, 0.3) is 10.1 Å². The average Bonchev–Trinajstić information content (AvgIpc) is 2.90. The molecular weight excluding hydrogens is 494 g/mol. The molecule has 8 nitrogen and oxygen atoms in total. The lowest BCUT2D eigenvalue weighted by Crippen LogP contribution is -2.46. The fourth-order valence-corrected chi connectivity index (χ4v) is 4.17. The highest BCUT2D eigenvalue weighted by molar-refractivity contribution is 7.86. The third-order valence-corrected chi connectivity index (χ3v) is 5.86. The lowest BCUT2D eigenvalue weighted by atomic mass is 10.1. The number of oxime groups is 1. The van der Waals surface area contributed by atoms with Crippen molar-refractivity contribution in [1.29, 1.82) is 0 Å². The van der Waals surface area contributed by atoms with E-state index in [1.165, 1.54) is 13.3 Å². The van der Waals surface area contributed by atoms with Gasteiger partial charge in [0.1, 0.15) is 25.4 Å². The number of nitrogens with zero attached hydrogens (tertiary/aromatic N) is 1. The largest absolute Gasteiger partial charge is 0.399 e. The van der Waals surface area contributed by atoms with Gasteiger partial charge >= 0.3 is 0 Å². The van der Waals surface area contributed by atoms with Crippen LogP contribution in [0.15, 0.2) is 96.2 Å². The first-order chi connectivity index (χ1) is 17.9. The van der Waals surface area contributed by atoms with Gasteiger partial charge in [0, 0.05) is 0 Å². The molecule has 37 heavy (non-hydrogen) atoms. The molecule has 9 heteroatoms. The van der Waals surface area contributed by atoms with Crippen molar-refractivity contribution in [2.24, 2.45) is 5.16 Å². The van der Waals surface area contributed by atoms with Crippen molar-refractivity contribution in [3.05, 3.63) is 108 Å². The van der Waals surface area contributed by atoms with Crippen LogP contribution >= 0.6 is 0 Å². The van der Waals surface area contributed by atoms with Gasteiger partial charge in [-0.1, -0.05) is 96.2 Å². The van der Waals surface area contributed by atoms with E-state index < -0.39 is 28.4 Å². The van der Waals surface area contributed by atoms with Crippen molar-refractivity contribution in [3.8, 4) is 0 Å². The summed E-state index contributed by atoms with van der Waals surface area (Å²) in [6.07, 6.45) is -0.293. The summed E-state index contributed by atoms with van der Waals surface area (Å²) in [7, 11) is -2.44. The third-order valence-electron chi connectivity index (χ3n) is 5.27. The van der Waals surface area contributed by atoms with Crippen molar-refractivity contribution in [2.75, 3.05) is 20.0 Å². The van der Waals surface area contributed by atoms with Crippen LogP contribution in [0.1, 0.15) is 16.7 Å². The molecule has 0 fully saturated rings. The lowest BCUT2D eigenvalue weighted by molar-refractivity contribution is -0.118. The van der Waals surface area contributed by atoms with E-state index in [0.717, 1.165) is 22.9 Å². The fraction of sp³-hybridized carbons (Fsp3) is 0.321. The minimum atomic E-state index is -3.86. The smallest absolute Gasteiger partial charge is 0.264 e. The zero-order valence-electron chi connectivity index (χ0n) is 21.0. The summed E-state index contributed by atoms with van der Waals surface area (Å²) in [6.45, 7) is 0.647. The predicted octanol–water partition coefficient (Wildman–Crippen LogP) is 4.35. The summed E-state index contributed by atoms with van der Waals surface area (Å²) in [6, 6.07) is 28.7. The summed E-state index contributed by atoms with van der Waals surface area (Å²) in [4.78, 5) is 4.90. The van der Waals surface area contributed by atoms with E-state index in [0.29, 0.717) is 0 Å². The fourth-order valence-electron chi connectivity index (χ4n) is 3.56. The highest BCUT2D eigenvalue weighted by Crippen LogP contribution is 2.19. The van der Waals surface area contributed by atoms with Gasteiger partial charge in [-0.3, -0.25) is 4.18 Å². The zero-order chi connectivity index (χ0) is 26.3. The van der Waals surface area contributed by atoms with Crippen LogP contribution < -0.4 is 0 Å². The van der Waals surface area contributed by atoms with E-state index in [4.69, 9.17) is 23.2 Å². The minimum Gasteiger partial charge on any atom is -0.399 e. The van der Waals surface area contributed by atoms with Crippen molar-refractivity contribution < 1.29 is 31.6 Å². The van der Waals surface area contributed by atoms with Gasteiger partial charge in [0.15, 0.2) is 0 Å². The second kappa shape index (κ2) is 15.2. The second-order valence-electron chi connectivity index (χ2n) is 8.30. The molecule has 0 bridgehead atoms. The number of benzene rings is 3. The van der Waals surface area contributed by atoms with Crippen LogP contribution in [-0.2, 0) is 53.2 Å². The maximum atomic E-state index is 12.2. The van der Waals surface area contributed by atoms with Crippen LogP contribution in [0, 0.1) is 0 Å². The molecule has 0 aromatic heterocycles. The quantitative estimate of drug-likeness (QED) is 0.155. The highest BCUT2D eigenvalue weighted by atomic mass is 32.2. The van der Waals surface area contributed by atoms with Crippen LogP contribution in [-0.4, -0.2) is 52.9 Å². The second-order valence-corrected chi connectivity index (χ2v) is 9.90. The maximum Gasteiger partial charge on any atom is 0.264 e. The molecule has 0 aliphatic heterocycles. The topological polar surface area (TPSA) is 92.7 Å². The van der Waals surface area contributed by atoms with E-state index in [1.54, 1.807) is 0 Å². The van der Waals surface area contributed by atoms with Gasteiger partial charge in [-0.25, -0.2) is 0 Å². The van der Waals surface area contributed by atoms with Crippen molar-refractivity contribution in [3.63, 3.8) is 0 Å². The Morgan fingerprint density at radius 3 is 1.73 bits per heavy atom. The van der Waals surface area contributed by atoms with Crippen LogP contribution in [0.3, 0.4) is 0 Å². The van der Waals surface area contributed by atoms with Crippen LogP contribution in [0.5, 0.6) is 0 Å². The van der Waals surface area contributed by atoms with Gasteiger partial charge in [-0.15, -0.1) is 0 Å². The molecule has 0 unspecified atom stereocenters. The molecule has 0 saturated heterocycles. The van der Waals surface area contributed by atoms with Crippen LogP contribution in [0.25, 0.3) is 0 Å². The Kier molecular flexibility index (Phi) is 11.7. The summed E-state index contributed by atoms with van der Waals surface area (Å²) in [5.41, 5.74) is 2.78. The molecular formula is C28H33NO7S. The molecule has 3 rings (SSSR count). The summed E-state index contributed by atoms with van der Waals surface area (Å²) < 4.78 is 48.2. The van der Waals surface area contributed by atoms with E-state index in [9.17, 15) is 8.42 Å². The molecule has 0 heterocycles. The number of ether oxygens (including phenoxy) is 3. The molecule has 0 radical (unpaired) electrons. The Labute approximate surface area is 218 Å². The Morgan fingerprint density at radius 1 is 0.757 bits per heavy atom. The minimum absolute atomic E-state index is 0.0621. The van der Waals surface area contributed by atoms with Gasteiger partial charge in [-0.05, 0) is 16.7 Å². The molecule has 0 amide bonds. The Hall–Kier alpha value is -3.08. The first-order valence-corrected chi connectivity index (χ1v) is 13.6. The van der Waals surface area contributed by atoms with E-state index >= 15 is 0 Å². The predicted molar refractivity (Wildman–Crippen MR) is 141 cm³/mol. The highest BCUT2D eigenvalue weighted by Gasteiger charge is 2.34. The lowest BCUT2D eigenvalue weighted by Gasteiger charge is -2.31. The van der Waals surface area contributed by atoms with Crippen molar-refractivity contribution in [2.45, 2.75) is 38.1 Å². The number of hydrogen-bond donors (Lipinski definition) is 0. The number of rotatable bonds is 16. The van der Waals surface area contributed by atoms with Gasteiger partial charge in [0.05, 0.1) is 38.9 Å². The Bertz CT molecular complexity index is 1160. The molecule has 3 aromatic rings. The summed E-state index contributed by atoms with van der Waals surface area (Å²) in [5, 5.41) is 3.89. The molecule has 0 saturated carbocycles.